The first-order valence-electron chi connectivity index (χ1n) is 6.27. The Labute approximate surface area is 118 Å². The summed E-state index contributed by atoms with van der Waals surface area (Å²) in [6.45, 7) is 4.16. The van der Waals surface area contributed by atoms with Crippen LogP contribution in [0.2, 0.25) is 10.3 Å². The number of nitrogens with zero attached hydrogens (tertiary/aromatic N) is 2. The van der Waals surface area contributed by atoms with Gasteiger partial charge in [-0.25, -0.2) is 4.98 Å². The number of piperidine rings is 1. The minimum atomic E-state index is 0.202. The highest BCUT2D eigenvalue weighted by atomic mass is 35.5. The molecule has 0 saturated carbocycles. The lowest BCUT2D eigenvalue weighted by Crippen LogP contribution is -2.45. The van der Waals surface area contributed by atoms with Gasteiger partial charge in [-0.1, -0.05) is 30.1 Å². The van der Waals surface area contributed by atoms with Crippen LogP contribution in [0.25, 0.3) is 0 Å². The van der Waals surface area contributed by atoms with Gasteiger partial charge < -0.3 is 5.11 Å². The molecule has 1 aliphatic rings. The quantitative estimate of drug-likeness (QED) is 0.869. The first kappa shape index (κ1) is 14.1. The highest BCUT2D eigenvalue weighted by molar-refractivity contribution is 6.32. The van der Waals surface area contributed by atoms with E-state index in [2.05, 4.69) is 16.8 Å². The van der Waals surface area contributed by atoms with Gasteiger partial charge in [0, 0.05) is 12.6 Å². The van der Waals surface area contributed by atoms with Crippen LogP contribution in [0.15, 0.2) is 12.1 Å². The number of halogens is 2. The fraction of sp³-hybridized carbons (Fsp3) is 0.615. The second-order valence-electron chi connectivity index (χ2n) is 4.96. The Balaban J connectivity index is 2.11. The summed E-state index contributed by atoms with van der Waals surface area (Å²) in [5.74, 6) is 0.525. The minimum absolute atomic E-state index is 0.202. The molecule has 1 aromatic rings. The second kappa shape index (κ2) is 6.20. The molecule has 0 aromatic carbocycles. The first-order chi connectivity index (χ1) is 8.60. The van der Waals surface area contributed by atoms with Crippen molar-refractivity contribution in [3.05, 3.63) is 28.0 Å². The molecule has 0 radical (unpaired) electrons. The third-order valence-electron chi connectivity index (χ3n) is 3.63. The highest BCUT2D eigenvalue weighted by Crippen LogP contribution is 2.25. The van der Waals surface area contributed by atoms with Gasteiger partial charge in [-0.15, -0.1) is 0 Å². The molecular formula is C13H18Cl2N2O. The van der Waals surface area contributed by atoms with Crippen molar-refractivity contribution >= 4 is 23.2 Å². The third-order valence-corrected chi connectivity index (χ3v) is 4.01. The maximum atomic E-state index is 9.51. The molecule has 2 unspecified atom stereocenters. The monoisotopic (exact) mass is 288 g/mol. The maximum Gasteiger partial charge on any atom is 0.131 e. The molecule has 2 atom stereocenters. The summed E-state index contributed by atoms with van der Waals surface area (Å²) in [6.07, 6.45) is 2.35. The predicted molar refractivity (Wildman–Crippen MR) is 73.9 cm³/mol. The average Bonchev–Trinajstić information content (AvgIpc) is 2.27. The van der Waals surface area contributed by atoms with E-state index < -0.39 is 0 Å². The van der Waals surface area contributed by atoms with Gasteiger partial charge in [0.25, 0.3) is 0 Å². The molecule has 2 heterocycles. The van der Waals surface area contributed by atoms with Crippen molar-refractivity contribution in [3.63, 3.8) is 0 Å². The van der Waals surface area contributed by atoms with Crippen molar-refractivity contribution in [1.29, 1.82) is 0 Å². The maximum absolute atomic E-state index is 9.51. The Morgan fingerprint density at radius 1 is 1.39 bits per heavy atom. The lowest BCUT2D eigenvalue weighted by molar-refractivity contribution is 0.0472. The standard InChI is InChI=1S/C13H18Cl2N2O/c1-9-3-2-4-17(11(9)8-18)7-10-5-12(14)16-13(15)6-10/h5-6,9,11,18H,2-4,7-8H2,1H3. The molecule has 3 nitrogen and oxygen atoms in total. The van der Waals surface area contributed by atoms with Gasteiger partial charge in [-0.05, 0) is 43.0 Å². The number of aliphatic hydroxyl groups is 1. The minimum Gasteiger partial charge on any atom is -0.395 e. The van der Waals surface area contributed by atoms with E-state index in [1.54, 1.807) is 0 Å². The summed E-state index contributed by atoms with van der Waals surface area (Å²) in [7, 11) is 0. The van der Waals surface area contributed by atoms with Crippen LogP contribution in [0, 0.1) is 5.92 Å². The Morgan fingerprint density at radius 2 is 2.06 bits per heavy atom. The molecule has 0 spiro atoms. The SMILES string of the molecule is CC1CCCN(Cc2cc(Cl)nc(Cl)c2)C1CO. The van der Waals surface area contributed by atoms with Gasteiger partial charge in [-0.2, -0.15) is 0 Å². The summed E-state index contributed by atoms with van der Waals surface area (Å²) in [4.78, 5) is 6.25. The van der Waals surface area contributed by atoms with E-state index in [9.17, 15) is 5.11 Å². The summed E-state index contributed by atoms with van der Waals surface area (Å²) in [5.41, 5.74) is 1.05. The fourth-order valence-corrected chi connectivity index (χ4v) is 3.17. The lowest BCUT2D eigenvalue weighted by atomic mass is 9.91. The summed E-state index contributed by atoms with van der Waals surface area (Å²) in [6, 6.07) is 3.90. The lowest BCUT2D eigenvalue weighted by Gasteiger charge is -2.39. The van der Waals surface area contributed by atoms with Crippen molar-refractivity contribution in [2.45, 2.75) is 32.4 Å². The summed E-state index contributed by atoms with van der Waals surface area (Å²) in [5, 5.41) is 10.4. The number of hydrogen-bond donors (Lipinski definition) is 1. The Kier molecular flexibility index (Phi) is 4.84. The van der Waals surface area contributed by atoms with Crippen LogP contribution in [0.5, 0.6) is 0 Å². The van der Waals surface area contributed by atoms with Crippen LogP contribution >= 0.6 is 23.2 Å². The van der Waals surface area contributed by atoms with E-state index in [4.69, 9.17) is 23.2 Å². The molecule has 18 heavy (non-hydrogen) atoms. The zero-order chi connectivity index (χ0) is 13.1. The Hall–Kier alpha value is -0.350. The summed E-state index contributed by atoms with van der Waals surface area (Å²) >= 11 is 11.8. The van der Waals surface area contributed by atoms with Crippen LogP contribution in [-0.4, -0.2) is 34.2 Å². The molecule has 1 fully saturated rings. The van der Waals surface area contributed by atoms with Gasteiger partial charge in [-0.3, -0.25) is 4.90 Å². The molecule has 1 aromatic heterocycles. The van der Waals surface area contributed by atoms with Crippen LogP contribution in [-0.2, 0) is 6.54 Å². The number of likely N-dealkylation sites (tertiary alicyclic amines) is 1. The molecular weight excluding hydrogens is 271 g/mol. The Bertz CT molecular complexity index is 394. The van der Waals surface area contributed by atoms with E-state index in [1.807, 2.05) is 12.1 Å². The highest BCUT2D eigenvalue weighted by Gasteiger charge is 2.27. The zero-order valence-corrected chi connectivity index (χ0v) is 12.0. The smallest absolute Gasteiger partial charge is 0.131 e. The van der Waals surface area contributed by atoms with Crippen LogP contribution < -0.4 is 0 Å². The van der Waals surface area contributed by atoms with Crippen LogP contribution in [0.4, 0.5) is 0 Å². The molecule has 2 rings (SSSR count). The van der Waals surface area contributed by atoms with E-state index in [-0.39, 0.29) is 12.6 Å². The van der Waals surface area contributed by atoms with E-state index in [1.165, 1.54) is 12.8 Å². The Morgan fingerprint density at radius 3 is 2.67 bits per heavy atom. The zero-order valence-electron chi connectivity index (χ0n) is 10.4. The number of rotatable bonds is 3. The van der Waals surface area contributed by atoms with E-state index in [0.29, 0.717) is 16.2 Å². The largest absolute Gasteiger partial charge is 0.395 e. The normalized spacial score (nSPS) is 25.3. The molecule has 0 amide bonds. The van der Waals surface area contributed by atoms with Gasteiger partial charge >= 0.3 is 0 Å². The van der Waals surface area contributed by atoms with Gasteiger partial charge in [0.2, 0.25) is 0 Å². The molecule has 1 aliphatic heterocycles. The topological polar surface area (TPSA) is 36.4 Å². The van der Waals surface area contributed by atoms with E-state index >= 15 is 0 Å². The predicted octanol–water partition coefficient (Wildman–Crippen LogP) is 2.98. The molecule has 0 bridgehead atoms. The molecule has 5 heteroatoms. The van der Waals surface area contributed by atoms with Crippen molar-refractivity contribution in [1.82, 2.24) is 9.88 Å². The van der Waals surface area contributed by atoms with E-state index in [0.717, 1.165) is 18.7 Å². The third kappa shape index (κ3) is 3.35. The second-order valence-corrected chi connectivity index (χ2v) is 5.74. The van der Waals surface area contributed by atoms with Crippen molar-refractivity contribution in [2.75, 3.05) is 13.2 Å². The number of hydrogen-bond acceptors (Lipinski definition) is 3. The molecule has 0 aliphatic carbocycles. The van der Waals surface area contributed by atoms with Crippen molar-refractivity contribution in [3.8, 4) is 0 Å². The molecule has 1 saturated heterocycles. The van der Waals surface area contributed by atoms with Crippen LogP contribution in [0.1, 0.15) is 25.3 Å². The van der Waals surface area contributed by atoms with Gasteiger partial charge in [0.05, 0.1) is 6.61 Å². The molecule has 100 valence electrons. The first-order valence-corrected chi connectivity index (χ1v) is 7.02. The average molecular weight is 289 g/mol. The number of aliphatic hydroxyl groups excluding tert-OH is 1. The van der Waals surface area contributed by atoms with Crippen molar-refractivity contribution in [2.24, 2.45) is 5.92 Å². The fourth-order valence-electron chi connectivity index (χ4n) is 2.67. The van der Waals surface area contributed by atoms with Gasteiger partial charge in [0.15, 0.2) is 0 Å². The van der Waals surface area contributed by atoms with Crippen LogP contribution in [0.3, 0.4) is 0 Å². The van der Waals surface area contributed by atoms with Crippen molar-refractivity contribution < 1.29 is 5.11 Å². The van der Waals surface area contributed by atoms with Gasteiger partial charge in [0.1, 0.15) is 10.3 Å². The number of pyridine rings is 1. The number of aromatic nitrogens is 1. The summed E-state index contributed by atoms with van der Waals surface area (Å²) < 4.78 is 0. The molecule has 1 N–H and O–H groups in total.